The van der Waals surface area contributed by atoms with E-state index >= 15 is 0 Å². The van der Waals surface area contributed by atoms with E-state index in [0.717, 1.165) is 36.1 Å². The lowest BCUT2D eigenvalue weighted by molar-refractivity contribution is -0.117. The Bertz CT molecular complexity index is 788. The van der Waals surface area contributed by atoms with Crippen LogP contribution in [0.4, 0.5) is 5.69 Å². The van der Waals surface area contributed by atoms with Crippen molar-refractivity contribution in [1.29, 1.82) is 0 Å². The Kier molecular flexibility index (Phi) is 4.29. The highest BCUT2D eigenvalue weighted by Gasteiger charge is 2.31. The van der Waals surface area contributed by atoms with Crippen molar-refractivity contribution < 1.29 is 9.63 Å². The summed E-state index contributed by atoms with van der Waals surface area (Å²) >= 11 is 0. The molecule has 0 bridgehead atoms. The van der Waals surface area contributed by atoms with Gasteiger partial charge in [0, 0.05) is 13.2 Å². The van der Waals surface area contributed by atoms with Gasteiger partial charge in [-0.1, -0.05) is 25.1 Å². The fourth-order valence-corrected chi connectivity index (χ4v) is 3.57. The highest BCUT2D eigenvalue weighted by Crippen LogP contribution is 2.35. The summed E-state index contributed by atoms with van der Waals surface area (Å²) < 4.78 is 1.68. The van der Waals surface area contributed by atoms with Gasteiger partial charge < -0.3 is 5.32 Å². The second-order valence-corrected chi connectivity index (χ2v) is 6.67. The largest absolute Gasteiger partial charge is 0.323 e. The highest BCUT2D eigenvalue weighted by atomic mass is 16.7. The molecule has 3 N–H and O–H groups in total. The number of benzene rings is 1. The van der Waals surface area contributed by atoms with Crippen LogP contribution in [-0.2, 0) is 23.1 Å². The summed E-state index contributed by atoms with van der Waals surface area (Å²) in [5.74, 6) is -0.0700. The first-order chi connectivity index (χ1) is 12.1. The molecule has 1 saturated heterocycles. The Balaban J connectivity index is 1.48. The number of hydrogen-bond donors (Lipinski definition) is 3. The van der Waals surface area contributed by atoms with Gasteiger partial charge in [-0.05, 0) is 36.0 Å². The van der Waals surface area contributed by atoms with Crippen LogP contribution in [0.5, 0.6) is 0 Å². The number of nitrogens with one attached hydrogen (secondary N) is 3. The minimum atomic E-state index is -0.103. The van der Waals surface area contributed by atoms with Gasteiger partial charge in [0.25, 0.3) is 0 Å². The Hall–Kier alpha value is -2.22. The van der Waals surface area contributed by atoms with Crippen LogP contribution in [0.3, 0.4) is 0 Å². The van der Waals surface area contributed by atoms with E-state index in [1.807, 2.05) is 7.05 Å². The molecule has 1 aromatic heterocycles. The number of amides is 1. The zero-order valence-electron chi connectivity index (χ0n) is 14.5. The first-order valence-corrected chi connectivity index (χ1v) is 8.73. The molecular weight excluding hydrogens is 318 g/mol. The van der Waals surface area contributed by atoms with Gasteiger partial charge in [0.15, 0.2) is 0 Å². The van der Waals surface area contributed by atoms with Gasteiger partial charge in [0.1, 0.15) is 12.4 Å². The second kappa shape index (κ2) is 6.59. The normalized spacial score (nSPS) is 25.1. The standard InChI is InChI=1S/C18H23N5O2/c1-3-16-21-17(22-25-16)12-5-6-14-11(8-12)4-7-15(14)18(24)20-13-9-19-23(2)10-13/h5-6,8-10,15-17,21-22H,3-4,7H2,1-2H3,(H,20,24). The van der Waals surface area contributed by atoms with Crippen LogP contribution in [0.15, 0.2) is 30.6 Å². The summed E-state index contributed by atoms with van der Waals surface area (Å²) in [6.45, 7) is 2.08. The van der Waals surface area contributed by atoms with E-state index in [0.29, 0.717) is 0 Å². The van der Waals surface area contributed by atoms with Crippen LogP contribution in [0.2, 0.25) is 0 Å². The molecule has 3 unspecified atom stereocenters. The topological polar surface area (TPSA) is 80.2 Å². The van der Waals surface area contributed by atoms with Crippen LogP contribution in [0, 0.1) is 0 Å². The summed E-state index contributed by atoms with van der Waals surface area (Å²) in [5.41, 5.74) is 7.28. The van der Waals surface area contributed by atoms with Crippen molar-refractivity contribution in [2.75, 3.05) is 5.32 Å². The predicted octanol–water partition coefficient (Wildman–Crippen LogP) is 1.95. The number of rotatable bonds is 4. The van der Waals surface area contributed by atoms with Gasteiger partial charge >= 0.3 is 0 Å². The number of aryl methyl sites for hydroxylation is 2. The molecule has 2 aromatic rings. The van der Waals surface area contributed by atoms with Crippen molar-refractivity contribution in [2.45, 2.75) is 44.5 Å². The number of hydroxylamine groups is 1. The molecule has 7 nitrogen and oxygen atoms in total. The van der Waals surface area contributed by atoms with Crippen molar-refractivity contribution in [1.82, 2.24) is 20.6 Å². The molecular formula is C18H23N5O2. The third-order valence-corrected chi connectivity index (χ3v) is 4.92. The number of carbonyl (C=O) groups excluding carboxylic acids is 1. The monoisotopic (exact) mass is 341 g/mol. The third kappa shape index (κ3) is 3.18. The Labute approximate surface area is 146 Å². The molecule has 1 amide bonds. The molecule has 1 aliphatic heterocycles. The zero-order valence-corrected chi connectivity index (χ0v) is 14.5. The SMILES string of the molecule is CCC1NC(c2ccc3c(c2)CCC3C(=O)Nc2cnn(C)c2)NO1. The van der Waals surface area contributed by atoms with E-state index in [-0.39, 0.29) is 24.2 Å². The van der Waals surface area contributed by atoms with E-state index in [1.54, 1.807) is 17.1 Å². The van der Waals surface area contributed by atoms with Crippen molar-refractivity contribution in [3.8, 4) is 0 Å². The van der Waals surface area contributed by atoms with Gasteiger partial charge in [-0.25, -0.2) is 0 Å². The predicted molar refractivity (Wildman–Crippen MR) is 93.5 cm³/mol. The highest BCUT2D eigenvalue weighted by molar-refractivity contribution is 5.96. The van der Waals surface area contributed by atoms with Gasteiger partial charge in [-0.2, -0.15) is 10.6 Å². The van der Waals surface area contributed by atoms with Gasteiger partial charge in [0.2, 0.25) is 5.91 Å². The summed E-state index contributed by atoms with van der Waals surface area (Å²) in [4.78, 5) is 18.1. The first kappa shape index (κ1) is 16.3. The lowest BCUT2D eigenvalue weighted by atomic mass is 9.98. The molecule has 2 aliphatic rings. The number of anilines is 1. The number of aromatic nitrogens is 2. The average Bonchev–Trinajstić information content (AvgIpc) is 3.33. The number of fused-ring (bicyclic) bond motifs is 1. The summed E-state index contributed by atoms with van der Waals surface area (Å²) in [6.07, 6.45) is 6.17. The Morgan fingerprint density at radius 1 is 1.48 bits per heavy atom. The van der Waals surface area contributed by atoms with E-state index in [1.165, 1.54) is 5.56 Å². The number of carbonyl (C=O) groups is 1. The van der Waals surface area contributed by atoms with Crippen LogP contribution in [0.25, 0.3) is 0 Å². The third-order valence-electron chi connectivity index (χ3n) is 4.92. The van der Waals surface area contributed by atoms with E-state index in [9.17, 15) is 4.79 Å². The molecule has 7 heteroatoms. The molecule has 3 atom stereocenters. The van der Waals surface area contributed by atoms with Crippen molar-refractivity contribution in [3.05, 3.63) is 47.3 Å². The van der Waals surface area contributed by atoms with E-state index in [4.69, 9.17) is 4.84 Å². The van der Waals surface area contributed by atoms with Crippen molar-refractivity contribution in [2.24, 2.45) is 7.05 Å². The second-order valence-electron chi connectivity index (χ2n) is 6.67. The molecule has 2 heterocycles. The molecule has 25 heavy (non-hydrogen) atoms. The molecule has 0 saturated carbocycles. The van der Waals surface area contributed by atoms with E-state index < -0.39 is 0 Å². The molecule has 0 spiro atoms. The van der Waals surface area contributed by atoms with Crippen molar-refractivity contribution >= 4 is 11.6 Å². The zero-order chi connectivity index (χ0) is 17.4. The minimum Gasteiger partial charge on any atom is -0.323 e. The Morgan fingerprint density at radius 2 is 2.36 bits per heavy atom. The minimum absolute atomic E-state index is 0.00137. The first-order valence-electron chi connectivity index (χ1n) is 8.73. The quantitative estimate of drug-likeness (QED) is 0.792. The molecule has 1 aliphatic carbocycles. The van der Waals surface area contributed by atoms with Crippen LogP contribution in [-0.4, -0.2) is 21.9 Å². The van der Waals surface area contributed by atoms with Gasteiger partial charge in [-0.3, -0.25) is 19.6 Å². The number of nitrogens with zero attached hydrogens (tertiary/aromatic N) is 2. The van der Waals surface area contributed by atoms with Crippen LogP contribution < -0.4 is 16.1 Å². The lowest BCUT2D eigenvalue weighted by Crippen LogP contribution is -2.25. The van der Waals surface area contributed by atoms with E-state index in [2.05, 4.69) is 46.3 Å². The summed E-state index contributed by atoms with van der Waals surface area (Å²) in [6, 6.07) is 6.33. The fraction of sp³-hybridized carbons (Fsp3) is 0.444. The molecule has 1 aromatic carbocycles. The maximum Gasteiger partial charge on any atom is 0.232 e. The molecule has 1 fully saturated rings. The fourth-order valence-electron chi connectivity index (χ4n) is 3.57. The molecule has 4 rings (SSSR count). The maximum atomic E-state index is 12.6. The smallest absolute Gasteiger partial charge is 0.232 e. The van der Waals surface area contributed by atoms with Crippen LogP contribution >= 0.6 is 0 Å². The average molecular weight is 341 g/mol. The summed E-state index contributed by atoms with van der Waals surface area (Å²) in [5, 5.41) is 10.4. The Morgan fingerprint density at radius 3 is 3.08 bits per heavy atom. The number of hydrogen-bond acceptors (Lipinski definition) is 5. The van der Waals surface area contributed by atoms with Crippen LogP contribution in [0.1, 0.15) is 48.5 Å². The lowest BCUT2D eigenvalue weighted by Gasteiger charge is -2.14. The molecule has 132 valence electrons. The van der Waals surface area contributed by atoms with Crippen molar-refractivity contribution in [3.63, 3.8) is 0 Å². The maximum absolute atomic E-state index is 12.6. The summed E-state index contributed by atoms with van der Waals surface area (Å²) in [7, 11) is 1.83. The van der Waals surface area contributed by atoms with Gasteiger partial charge in [0.05, 0.1) is 17.8 Å². The molecule has 0 radical (unpaired) electrons. The van der Waals surface area contributed by atoms with Gasteiger partial charge in [-0.15, -0.1) is 0 Å².